The highest BCUT2D eigenvalue weighted by Crippen LogP contribution is 2.33. The molecular weight excluding hydrogens is 451 g/mol. The Balaban J connectivity index is 0.000000451. The zero-order valence-corrected chi connectivity index (χ0v) is 18.8. The summed E-state index contributed by atoms with van der Waals surface area (Å²) in [5.41, 5.74) is 1.68. The standard InChI is InChI=1S/C18H27N3O3S.C2HF3O2/c1-14-3-4-15(2)17(13-14)25(23,24)21(16-5-6-16)10-7-18(22)20-11-8-19-9-12-20;3-2(4,5)1(6)7/h3-4,13,16,19H,5-12H2,1-2H3;(H,6,7). The Kier molecular flexibility index (Phi) is 8.66. The van der Waals surface area contributed by atoms with E-state index in [1.165, 1.54) is 0 Å². The van der Waals surface area contributed by atoms with Crippen LogP contribution in [0.4, 0.5) is 13.2 Å². The largest absolute Gasteiger partial charge is 0.490 e. The summed E-state index contributed by atoms with van der Waals surface area (Å²) >= 11 is 0. The summed E-state index contributed by atoms with van der Waals surface area (Å²) in [5.74, 6) is -2.71. The zero-order valence-electron chi connectivity index (χ0n) is 18.0. The maximum atomic E-state index is 13.2. The fourth-order valence-corrected chi connectivity index (χ4v) is 5.25. The number of carbonyl (C=O) groups is 2. The molecule has 1 aliphatic heterocycles. The lowest BCUT2D eigenvalue weighted by molar-refractivity contribution is -0.192. The summed E-state index contributed by atoms with van der Waals surface area (Å²) in [6, 6.07) is 5.54. The Bertz CT molecular complexity index is 927. The molecule has 1 saturated carbocycles. The van der Waals surface area contributed by atoms with Gasteiger partial charge in [-0.25, -0.2) is 13.2 Å². The van der Waals surface area contributed by atoms with Crippen LogP contribution in [0.2, 0.25) is 0 Å². The molecule has 1 saturated heterocycles. The van der Waals surface area contributed by atoms with Gasteiger partial charge in [0.25, 0.3) is 0 Å². The van der Waals surface area contributed by atoms with E-state index in [9.17, 15) is 26.4 Å². The molecule has 2 fully saturated rings. The van der Waals surface area contributed by atoms with E-state index < -0.39 is 22.2 Å². The van der Waals surface area contributed by atoms with Crippen molar-refractivity contribution in [1.82, 2.24) is 14.5 Å². The lowest BCUT2D eigenvalue weighted by Gasteiger charge is -2.29. The third kappa shape index (κ3) is 7.17. The van der Waals surface area contributed by atoms with E-state index in [1.54, 1.807) is 10.4 Å². The number of carbonyl (C=O) groups excluding carboxylic acids is 1. The maximum absolute atomic E-state index is 13.2. The summed E-state index contributed by atoms with van der Waals surface area (Å²) < 4.78 is 59.6. The second-order valence-corrected chi connectivity index (χ2v) is 9.66. The molecule has 1 heterocycles. The molecule has 0 aromatic heterocycles. The first-order chi connectivity index (χ1) is 14.8. The number of benzene rings is 1. The molecule has 1 amide bonds. The molecule has 2 N–H and O–H groups in total. The van der Waals surface area contributed by atoms with Crippen LogP contribution in [0.5, 0.6) is 0 Å². The van der Waals surface area contributed by atoms with E-state index in [2.05, 4.69) is 5.32 Å². The molecule has 8 nitrogen and oxygen atoms in total. The van der Waals surface area contributed by atoms with E-state index >= 15 is 0 Å². The lowest BCUT2D eigenvalue weighted by Crippen LogP contribution is -2.47. The van der Waals surface area contributed by atoms with E-state index in [0.717, 1.165) is 37.1 Å². The fraction of sp³-hybridized carbons (Fsp3) is 0.600. The minimum atomic E-state index is -5.08. The van der Waals surface area contributed by atoms with Crippen LogP contribution in [-0.2, 0) is 19.6 Å². The Labute approximate surface area is 185 Å². The van der Waals surface area contributed by atoms with Crippen LogP contribution in [-0.4, -0.2) is 79.5 Å². The Hall–Kier alpha value is -2.18. The number of nitrogens with zero attached hydrogens (tertiary/aromatic N) is 2. The zero-order chi connectivity index (χ0) is 24.1. The first-order valence-corrected chi connectivity index (χ1v) is 11.7. The van der Waals surface area contributed by atoms with Gasteiger partial charge in [-0.3, -0.25) is 4.79 Å². The quantitative estimate of drug-likeness (QED) is 0.646. The van der Waals surface area contributed by atoms with Gasteiger partial charge in [0.15, 0.2) is 0 Å². The van der Waals surface area contributed by atoms with E-state index in [-0.39, 0.29) is 24.9 Å². The SMILES string of the molecule is Cc1ccc(C)c(S(=O)(=O)N(CCC(=O)N2CCNCC2)C2CC2)c1.O=C(O)C(F)(F)F. The van der Waals surface area contributed by atoms with Gasteiger partial charge in [0.2, 0.25) is 15.9 Å². The fourth-order valence-electron chi connectivity index (χ4n) is 3.25. The first-order valence-electron chi connectivity index (χ1n) is 10.2. The second kappa shape index (κ2) is 10.6. The van der Waals surface area contributed by atoms with Crippen molar-refractivity contribution in [1.29, 1.82) is 0 Å². The lowest BCUT2D eigenvalue weighted by atomic mass is 10.2. The molecule has 32 heavy (non-hydrogen) atoms. The van der Waals surface area contributed by atoms with Gasteiger partial charge in [-0.15, -0.1) is 0 Å². The number of amides is 1. The number of aliphatic carboxylic acids is 1. The van der Waals surface area contributed by atoms with Crippen LogP contribution in [0.1, 0.15) is 30.4 Å². The molecule has 0 spiro atoms. The molecular formula is C20H28F3N3O5S. The summed E-state index contributed by atoms with van der Waals surface area (Å²) in [7, 11) is -3.57. The van der Waals surface area contributed by atoms with Gasteiger partial charge in [-0.05, 0) is 43.9 Å². The topological polar surface area (TPSA) is 107 Å². The Morgan fingerprint density at radius 3 is 2.25 bits per heavy atom. The average molecular weight is 480 g/mol. The highest BCUT2D eigenvalue weighted by molar-refractivity contribution is 7.89. The number of halogens is 3. The molecule has 0 unspecified atom stereocenters. The summed E-state index contributed by atoms with van der Waals surface area (Å²) in [6.45, 7) is 7.00. The molecule has 1 aromatic carbocycles. The highest BCUT2D eigenvalue weighted by Gasteiger charge is 2.39. The molecule has 2 aliphatic rings. The van der Waals surface area contributed by atoms with Crippen LogP contribution in [0.25, 0.3) is 0 Å². The second-order valence-electron chi connectivity index (χ2n) is 7.80. The van der Waals surface area contributed by atoms with E-state index in [0.29, 0.717) is 18.0 Å². The van der Waals surface area contributed by atoms with Crippen molar-refractivity contribution in [3.05, 3.63) is 29.3 Å². The molecule has 3 rings (SSSR count). The van der Waals surface area contributed by atoms with Crippen molar-refractivity contribution >= 4 is 21.9 Å². The number of carboxylic acid groups (broad SMARTS) is 1. The number of piperazine rings is 1. The normalized spacial score (nSPS) is 17.0. The van der Waals surface area contributed by atoms with Crippen LogP contribution < -0.4 is 5.32 Å². The van der Waals surface area contributed by atoms with Gasteiger partial charge >= 0.3 is 12.1 Å². The first kappa shape index (κ1) is 26.1. The molecule has 180 valence electrons. The average Bonchev–Trinajstić information content (AvgIpc) is 3.55. The van der Waals surface area contributed by atoms with Gasteiger partial charge in [0.05, 0.1) is 4.90 Å². The number of carboxylic acids is 1. The van der Waals surface area contributed by atoms with Gasteiger partial charge in [-0.2, -0.15) is 17.5 Å². The van der Waals surface area contributed by atoms with Crippen LogP contribution in [0.15, 0.2) is 23.1 Å². The monoisotopic (exact) mass is 479 g/mol. The van der Waals surface area contributed by atoms with Crippen molar-refractivity contribution in [2.45, 2.75) is 50.2 Å². The van der Waals surface area contributed by atoms with Crippen molar-refractivity contribution < 1.29 is 36.3 Å². The minimum absolute atomic E-state index is 0.0423. The van der Waals surface area contributed by atoms with Crippen molar-refractivity contribution in [2.24, 2.45) is 0 Å². The highest BCUT2D eigenvalue weighted by atomic mass is 32.2. The van der Waals surface area contributed by atoms with E-state index in [1.807, 2.05) is 30.9 Å². The Morgan fingerprint density at radius 1 is 1.19 bits per heavy atom. The molecule has 1 aromatic rings. The number of sulfonamides is 1. The summed E-state index contributed by atoms with van der Waals surface area (Å²) in [6.07, 6.45) is -3.07. The molecule has 12 heteroatoms. The number of rotatable bonds is 6. The smallest absolute Gasteiger partial charge is 0.475 e. The van der Waals surface area contributed by atoms with Crippen LogP contribution >= 0.6 is 0 Å². The summed E-state index contributed by atoms with van der Waals surface area (Å²) in [4.78, 5) is 23.5. The van der Waals surface area contributed by atoms with Crippen molar-refractivity contribution in [3.63, 3.8) is 0 Å². The van der Waals surface area contributed by atoms with Gasteiger partial charge in [-0.1, -0.05) is 12.1 Å². The third-order valence-electron chi connectivity index (χ3n) is 5.14. The molecule has 0 bridgehead atoms. The van der Waals surface area contributed by atoms with Crippen molar-refractivity contribution in [3.8, 4) is 0 Å². The number of hydrogen-bond acceptors (Lipinski definition) is 5. The number of hydrogen-bond donors (Lipinski definition) is 2. The molecule has 1 aliphatic carbocycles. The molecule has 0 atom stereocenters. The predicted octanol–water partition coefficient (Wildman–Crippen LogP) is 1.91. The summed E-state index contributed by atoms with van der Waals surface area (Å²) in [5, 5.41) is 10.3. The van der Waals surface area contributed by atoms with E-state index in [4.69, 9.17) is 9.90 Å². The van der Waals surface area contributed by atoms with Crippen LogP contribution in [0.3, 0.4) is 0 Å². The predicted molar refractivity (Wildman–Crippen MR) is 111 cm³/mol. The number of nitrogens with one attached hydrogen (secondary N) is 1. The molecule has 0 radical (unpaired) electrons. The minimum Gasteiger partial charge on any atom is -0.475 e. The number of alkyl halides is 3. The maximum Gasteiger partial charge on any atom is 0.490 e. The van der Waals surface area contributed by atoms with Gasteiger partial charge < -0.3 is 15.3 Å². The third-order valence-corrected chi connectivity index (χ3v) is 7.24. The van der Waals surface area contributed by atoms with Gasteiger partial charge in [0, 0.05) is 45.2 Å². The van der Waals surface area contributed by atoms with Crippen LogP contribution in [0, 0.1) is 13.8 Å². The van der Waals surface area contributed by atoms with Gasteiger partial charge in [0.1, 0.15) is 0 Å². The Morgan fingerprint density at radius 2 is 1.75 bits per heavy atom. The van der Waals surface area contributed by atoms with Crippen molar-refractivity contribution in [2.75, 3.05) is 32.7 Å². The number of aryl methyl sites for hydroxylation is 2.